The molecule has 0 fully saturated rings. The molecule has 0 heterocycles. The molecule has 1 rings (SSSR count). The van der Waals surface area contributed by atoms with Gasteiger partial charge >= 0.3 is 12.0 Å². The summed E-state index contributed by atoms with van der Waals surface area (Å²) in [6.45, 7) is -0.102. The Bertz CT molecular complexity index is 494. The fourth-order valence-corrected chi connectivity index (χ4v) is 2.07. The summed E-state index contributed by atoms with van der Waals surface area (Å²) in [5.41, 5.74) is 0.249. The molecule has 0 aromatic heterocycles. The molecule has 0 bridgehead atoms. The van der Waals surface area contributed by atoms with Gasteiger partial charge in [0.15, 0.2) is 0 Å². The Hall–Kier alpha value is -1.83. The number of carbonyl (C=O) groups excluding carboxylic acids is 1. The number of carboxylic acids is 1. The van der Waals surface area contributed by atoms with Crippen LogP contribution >= 0.6 is 11.8 Å². The van der Waals surface area contributed by atoms with Gasteiger partial charge in [-0.3, -0.25) is 0 Å². The number of aliphatic carboxylic acids is 1. The number of urea groups is 1. The Balaban J connectivity index is 2.50. The molecule has 5 nitrogen and oxygen atoms in total. The molecule has 1 aromatic rings. The van der Waals surface area contributed by atoms with Gasteiger partial charge in [-0.2, -0.15) is 11.8 Å². The van der Waals surface area contributed by atoms with Crippen LogP contribution in [0.15, 0.2) is 18.2 Å². The van der Waals surface area contributed by atoms with Crippen LogP contribution in [0.25, 0.3) is 0 Å². The van der Waals surface area contributed by atoms with E-state index in [-0.39, 0.29) is 12.1 Å². The Morgan fingerprint density at radius 1 is 1.29 bits per heavy atom. The number of carboxylic acid groups (broad SMARTS) is 1. The van der Waals surface area contributed by atoms with Crippen molar-refractivity contribution in [3.05, 3.63) is 35.4 Å². The number of hydrogen-bond donors (Lipinski definition) is 3. The molecule has 0 aliphatic rings. The van der Waals surface area contributed by atoms with Gasteiger partial charge in [0.05, 0.1) is 0 Å². The van der Waals surface area contributed by atoms with Crippen LogP contribution in [-0.4, -0.2) is 35.2 Å². The van der Waals surface area contributed by atoms with Crippen molar-refractivity contribution < 1.29 is 23.5 Å². The first-order valence-corrected chi connectivity index (χ1v) is 7.53. The standard InChI is InChI=1S/C13H16F2N2O3S/c1-21-3-2-11(12(18)19)17-13(20)16-7-8-4-9(14)6-10(15)5-8/h4-6,11H,2-3,7H2,1H3,(H,18,19)(H2,16,17,20). The van der Waals surface area contributed by atoms with Crippen molar-refractivity contribution in [3.8, 4) is 0 Å². The molecule has 0 aliphatic heterocycles. The van der Waals surface area contributed by atoms with E-state index in [0.29, 0.717) is 12.2 Å². The van der Waals surface area contributed by atoms with Crippen LogP contribution in [0.5, 0.6) is 0 Å². The number of carbonyl (C=O) groups is 2. The third-order valence-corrected chi connectivity index (χ3v) is 3.23. The maximum Gasteiger partial charge on any atom is 0.326 e. The van der Waals surface area contributed by atoms with E-state index in [2.05, 4.69) is 10.6 Å². The molecule has 116 valence electrons. The Morgan fingerprint density at radius 3 is 2.43 bits per heavy atom. The molecule has 0 saturated heterocycles. The lowest BCUT2D eigenvalue weighted by molar-refractivity contribution is -0.139. The van der Waals surface area contributed by atoms with Gasteiger partial charge in [0.1, 0.15) is 17.7 Å². The molecule has 2 amide bonds. The highest BCUT2D eigenvalue weighted by Crippen LogP contribution is 2.07. The van der Waals surface area contributed by atoms with E-state index in [1.54, 1.807) is 0 Å². The molecule has 0 aliphatic carbocycles. The maximum atomic E-state index is 13.0. The second kappa shape index (κ2) is 8.46. The van der Waals surface area contributed by atoms with Gasteiger partial charge in [-0.15, -0.1) is 0 Å². The molecule has 0 saturated carbocycles. The van der Waals surface area contributed by atoms with Crippen molar-refractivity contribution in [1.29, 1.82) is 0 Å². The number of benzene rings is 1. The SMILES string of the molecule is CSCCC(NC(=O)NCc1cc(F)cc(F)c1)C(=O)O. The predicted molar refractivity (Wildman–Crippen MR) is 76.2 cm³/mol. The quantitative estimate of drug-likeness (QED) is 0.718. The lowest BCUT2D eigenvalue weighted by atomic mass is 10.2. The minimum absolute atomic E-state index is 0.102. The number of halogens is 2. The summed E-state index contributed by atoms with van der Waals surface area (Å²) >= 11 is 1.47. The van der Waals surface area contributed by atoms with Gasteiger partial charge in [-0.05, 0) is 36.1 Å². The summed E-state index contributed by atoms with van der Waals surface area (Å²) in [5.74, 6) is -2.02. The summed E-state index contributed by atoms with van der Waals surface area (Å²) in [7, 11) is 0. The molecule has 1 atom stereocenters. The zero-order valence-electron chi connectivity index (χ0n) is 11.4. The van der Waals surface area contributed by atoms with Crippen LogP contribution in [0.3, 0.4) is 0 Å². The van der Waals surface area contributed by atoms with Gasteiger partial charge < -0.3 is 15.7 Å². The summed E-state index contributed by atoms with van der Waals surface area (Å²) < 4.78 is 25.9. The third-order valence-electron chi connectivity index (χ3n) is 2.59. The summed E-state index contributed by atoms with van der Waals surface area (Å²) in [5, 5.41) is 13.6. The van der Waals surface area contributed by atoms with Crippen LogP contribution in [0.4, 0.5) is 13.6 Å². The normalized spacial score (nSPS) is 11.8. The van der Waals surface area contributed by atoms with Crippen LogP contribution in [-0.2, 0) is 11.3 Å². The maximum absolute atomic E-state index is 13.0. The molecule has 3 N–H and O–H groups in total. The number of hydrogen-bond acceptors (Lipinski definition) is 3. The van der Waals surface area contributed by atoms with E-state index < -0.39 is 29.7 Å². The molecule has 1 aromatic carbocycles. The molecular formula is C13H16F2N2O3S. The monoisotopic (exact) mass is 318 g/mol. The molecule has 1 unspecified atom stereocenters. The van der Waals surface area contributed by atoms with Crippen molar-refractivity contribution >= 4 is 23.8 Å². The summed E-state index contributed by atoms with van der Waals surface area (Å²) in [6.07, 6.45) is 2.12. The molecule has 0 radical (unpaired) electrons. The lowest BCUT2D eigenvalue weighted by Crippen LogP contribution is -2.46. The first-order chi connectivity index (χ1) is 9.92. The molecule has 21 heavy (non-hydrogen) atoms. The van der Waals surface area contributed by atoms with Crippen molar-refractivity contribution in [2.24, 2.45) is 0 Å². The van der Waals surface area contributed by atoms with E-state index in [9.17, 15) is 18.4 Å². The van der Waals surface area contributed by atoms with E-state index >= 15 is 0 Å². The van der Waals surface area contributed by atoms with Crippen LogP contribution in [0.1, 0.15) is 12.0 Å². The zero-order valence-corrected chi connectivity index (χ0v) is 12.2. The molecule has 8 heteroatoms. The fourth-order valence-electron chi connectivity index (χ4n) is 1.60. The summed E-state index contributed by atoms with van der Waals surface area (Å²) in [6, 6.07) is 1.21. The minimum Gasteiger partial charge on any atom is -0.480 e. The highest BCUT2D eigenvalue weighted by Gasteiger charge is 2.19. The predicted octanol–water partition coefficient (Wildman–Crippen LogP) is 1.97. The fraction of sp³-hybridized carbons (Fsp3) is 0.385. The van der Waals surface area contributed by atoms with Gasteiger partial charge in [-0.25, -0.2) is 18.4 Å². The van der Waals surface area contributed by atoms with E-state index in [0.717, 1.165) is 18.2 Å². The number of nitrogens with one attached hydrogen (secondary N) is 2. The smallest absolute Gasteiger partial charge is 0.326 e. The third kappa shape index (κ3) is 6.44. The number of rotatable bonds is 7. The lowest BCUT2D eigenvalue weighted by Gasteiger charge is -2.14. The Labute approximate surface area is 125 Å². The van der Waals surface area contributed by atoms with Crippen molar-refractivity contribution in [2.75, 3.05) is 12.0 Å². The highest BCUT2D eigenvalue weighted by molar-refractivity contribution is 7.98. The average Bonchev–Trinajstić information content (AvgIpc) is 2.39. The minimum atomic E-state index is -1.13. The Kier molecular flexibility index (Phi) is 6.93. The van der Waals surface area contributed by atoms with Gasteiger partial charge in [0.25, 0.3) is 0 Å². The highest BCUT2D eigenvalue weighted by atomic mass is 32.2. The second-order valence-electron chi connectivity index (χ2n) is 4.28. The van der Waals surface area contributed by atoms with Gasteiger partial charge in [0.2, 0.25) is 0 Å². The van der Waals surface area contributed by atoms with E-state index in [1.807, 2.05) is 6.26 Å². The van der Waals surface area contributed by atoms with E-state index in [1.165, 1.54) is 11.8 Å². The topological polar surface area (TPSA) is 78.4 Å². The van der Waals surface area contributed by atoms with Crippen molar-refractivity contribution in [1.82, 2.24) is 10.6 Å². The van der Waals surface area contributed by atoms with Crippen LogP contribution in [0.2, 0.25) is 0 Å². The summed E-state index contributed by atoms with van der Waals surface area (Å²) in [4.78, 5) is 22.5. The number of thioether (sulfide) groups is 1. The molecule has 0 spiro atoms. The van der Waals surface area contributed by atoms with Gasteiger partial charge in [0, 0.05) is 12.6 Å². The van der Waals surface area contributed by atoms with E-state index in [4.69, 9.17) is 5.11 Å². The zero-order chi connectivity index (χ0) is 15.8. The first kappa shape index (κ1) is 17.2. The second-order valence-corrected chi connectivity index (χ2v) is 5.26. The van der Waals surface area contributed by atoms with Gasteiger partial charge in [-0.1, -0.05) is 0 Å². The van der Waals surface area contributed by atoms with Crippen molar-refractivity contribution in [3.63, 3.8) is 0 Å². The molecular weight excluding hydrogens is 302 g/mol. The largest absolute Gasteiger partial charge is 0.480 e. The Morgan fingerprint density at radius 2 is 1.90 bits per heavy atom. The average molecular weight is 318 g/mol. The van der Waals surface area contributed by atoms with Crippen LogP contribution in [0, 0.1) is 11.6 Å². The van der Waals surface area contributed by atoms with Crippen LogP contribution < -0.4 is 10.6 Å². The number of amides is 2. The van der Waals surface area contributed by atoms with Crippen molar-refractivity contribution in [2.45, 2.75) is 19.0 Å². The first-order valence-electron chi connectivity index (χ1n) is 6.13.